The van der Waals surface area contributed by atoms with Gasteiger partial charge in [0.2, 0.25) is 5.75 Å². The van der Waals surface area contributed by atoms with Gasteiger partial charge in [-0.15, -0.1) is 0 Å². The molecule has 116 valence electrons. The van der Waals surface area contributed by atoms with E-state index in [-0.39, 0.29) is 0 Å². The molecule has 2 N–H and O–H groups in total. The van der Waals surface area contributed by atoms with Gasteiger partial charge in [-0.1, -0.05) is 6.42 Å². The molecule has 2 aliphatic carbocycles. The molecule has 4 atom stereocenters. The molecule has 2 aliphatic rings. The molecule has 1 heterocycles. The minimum Gasteiger partial charge on any atom is -0.490 e. The summed E-state index contributed by atoms with van der Waals surface area (Å²) < 4.78 is 5.50. The maximum atomic E-state index is 5.50. The summed E-state index contributed by atoms with van der Waals surface area (Å²) in [7, 11) is 1.67. The highest BCUT2D eigenvalue weighted by Gasteiger charge is 2.42. The molecular formula is C16H26N4O. The number of hydrogen-bond donors (Lipinski definition) is 2. The summed E-state index contributed by atoms with van der Waals surface area (Å²) >= 11 is 0. The number of nitrogens with zero attached hydrogens (tertiary/aromatic N) is 2. The maximum absolute atomic E-state index is 5.50. The van der Waals surface area contributed by atoms with Gasteiger partial charge in [-0.25, -0.2) is 9.97 Å². The molecule has 2 fully saturated rings. The molecule has 2 saturated carbocycles. The SMILES string of the molecule is CCNc1ncnc(NC(C)C2CC3CCC2C3)c1OC. The summed E-state index contributed by atoms with van der Waals surface area (Å²) in [5, 5.41) is 6.79. The Hall–Kier alpha value is -1.52. The van der Waals surface area contributed by atoms with Crippen molar-refractivity contribution in [2.45, 2.75) is 45.6 Å². The van der Waals surface area contributed by atoms with Crippen LogP contribution in [0.25, 0.3) is 0 Å². The van der Waals surface area contributed by atoms with Crippen LogP contribution in [-0.4, -0.2) is 29.7 Å². The molecule has 0 aromatic carbocycles. The number of ether oxygens (including phenoxy) is 1. The molecule has 0 saturated heterocycles. The average Bonchev–Trinajstić information content (AvgIpc) is 3.10. The Bertz CT molecular complexity index is 493. The van der Waals surface area contributed by atoms with E-state index in [1.54, 1.807) is 13.4 Å². The number of methoxy groups -OCH3 is 1. The fourth-order valence-corrected chi connectivity index (χ4v) is 4.19. The van der Waals surface area contributed by atoms with Crippen molar-refractivity contribution in [1.29, 1.82) is 0 Å². The molecule has 1 aromatic rings. The van der Waals surface area contributed by atoms with Gasteiger partial charge in [0.1, 0.15) is 6.33 Å². The predicted octanol–water partition coefficient (Wildman–Crippen LogP) is 3.15. The molecule has 5 heteroatoms. The fraction of sp³-hybridized carbons (Fsp3) is 0.750. The minimum atomic E-state index is 0.429. The summed E-state index contributed by atoms with van der Waals surface area (Å²) in [5.41, 5.74) is 0. The zero-order valence-electron chi connectivity index (χ0n) is 13.2. The number of fused-ring (bicyclic) bond motifs is 2. The predicted molar refractivity (Wildman–Crippen MR) is 84.8 cm³/mol. The number of aromatic nitrogens is 2. The molecule has 0 amide bonds. The monoisotopic (exact) mass is 290 g/mol. The average molecular weight is 290 g/mol. The lowest BCUT2D eigenvalue weighted by molar-refractivity contribution is 0.303. The van der Waals surface area contributed by atoms with Crippen LogP contribution in [0.5, 0.6) is 5.75 Å². The van der Waals surface area contributed by atoms with Crippen LogP contribution >= 0.6 is 0 Å². The smallest absolute Gasteiger partial charge is 0.204 e. The number of nitrogens with one attached hydrogen (secondary N) is 2. The van der Waals surface area contributed by atoms with Crippen molar-refractivity contribution >= 4 is 11.6 Å². The van der Waals surface area contributed by atoms with Crippen LogP contribution in [0, 0.1) is 17.8 Å². The Labute approximate surface area is 126 Å². The van der Waals surface area contributed by atoms with Gasteiger partial charge in [0.25, 0.3) is 0 Å². The van der Waals surface area contributed by atoms with Crippen molar-refractivity contribution in [1.82, 2.24) is 9.97 Å². The first-order valence-corrected chi connectivity index (χ1v) is 8.12. The van der Waals surface area contributed by atoms with Crippen molar-refractivity contribution in [3.8, 4) is 5.75 Å². The standard InChI is InChI=1S/C16H26N4O/c1-4-17-15-14(21-3)16(19-9-18-15)20-10(2)13-8-11-5-6-12(13)7-11/h9-13H,4-8H2,1-3H3,(H2,17,18,19,20). The number of anilines is 2. The van der Waals surface area contributed by atoms with Crippen molar-refractivity contribution in [2.24, 2.45) is 17.8 Å². The second-order valence-corrected chi connectivity index (χ2v) is 6.41. The van der Waals surface area contributed by atoms with Gasteiger partial charge in [0.05, 0.1) is 7.11 Å². The Kier molecular flexibility index (Phi) is 4.17. The third-order valence-electron chi connectivity index (χ3n) is 5.15. The third-order valence-corrected chi connectivity index (χ3v) is 5.15. The Balaban J connectivity index is 1.73. The van der Waals surface area contributed by atoms with E-state index in [2.05, 4.69) is 27.5 Å². The van der Waals surface area contributed by atoms with Crippen molar-refractivity contribution in [3.63, 3.8) is 0 Å². The van der Waals surface area contributed by atoms with Crippen LogP contribution in [0.3, 0.4) is 0 Å². The van der Waals surface area contributed by atoms with E-state index in [0.29, 0.717) is 11.8 Å². The highest BCUT2D eigenvalue weighted by Crippen LogP contribution is 2.50. The lowest BCUT2D eigenvalue weighted by atomic mass is 9.84. The van der Waals surface area contributed by atoms with Crippen molar-refractivity contribution in [2.75, 3.05) is 24.3 Å². The van der Waals surface area contributed by atoms with Gasteiger partial charge in [-0.05, 0) is 50.9 Å². The molecule has 3 rings (SSSR count). The first kappa shape index (κ1) is 14.4. The zero-order chi connectivity index (χ0) is 14.8. The summed E-state index contributed by atoms with van der Waals surface area (Å²) in [4.78, 5) is 8.63. The van der Waals surface area contributed by atoms with E-state index < -0.39 is 0 Å². The van der Waals surface area contributed by atoms with E-state index in [9.17, 15) is 0 Å². The Morgan fingerprint density at radius 1 is 1.29 bits per heavy atom. The quantitative estimate of drug-likeness (QED) is 0.843. The number of rotatable bonds is 6. The maximum Gasteiger partial charge on any atom is 0.204 e. The largest absolute Gasteiger partial charge is 0.490 e. The molecule has 1 aromatic heterocycles. The van der Waals surface area contributed by atoms with Gasteiger partial charge in [0, 0.05) is 12.6 Å². The van der Waals surface area contributed by atoms with E-state index in [0.717, 1.165) is 35.9 Å². The molecular weight excluding hydrogens is 264 g/mol. The summed E-state index contributed by atoms with van der Waals surface area (Å²) in [6.07, 6.45) is 7.24. The minimum absolute atomic E-state index is 0.429. The Morgan fingerprint density at radius 3 is 2.71 bits per heavy atom. The topological polar surface area (TPSA) is 59.1 Å². The summed E-state index contributed by atoms with van der Waals surface area (Å²) in [6, 6.07) is 0.429. The van der Waals surface area contributed by atoms with Crippen LogP contribution in [0.4, 0.5) is 11.6 Å². The zero-order valence-corrected chi connectivity index (χ0v) is 13.2. The molecule has 0 radical (unpaired) electrons. The van der Waals surface area contributed by atoms with E-state index in [1.165, 1.54) is 25.7 Å². The van der Waals surface area contributed by atoms with Crippen LogP contribution in [0.2, 0.25) is 0 Å². The molecule has 0 spiro atoms. The first-order chi connectivity index (χ1) is 10.2. The van der Waals surface area contributed by atoms with Crippen LogP contribution in [0.1, 0.15) is 39.5 Å². The molecule has 21 heavy (non-hydrogen) atoms. The fourth-order valence-electron chi connectivity index (χ4n) is 4.19. The highest BCUT2D eigenvalue weighted by atomic mass is 16.5. The van der Waals surface area contributed by atoms with Gasteiger partial charge in [0.15, 0.2) is 11.6 Å². The normalized spacial score (nSPS) is 28.4. The summed E-state index contributed by atoms with van der Waals surface area (Å²) in [6.45, 7) is 5.14. The van der Waals surface area contributed by atoms with E-state index in [4.69, 9.17) is 4.74 Å². The Morgan fingerprint density at radius 2 is 2.10 bits per heavy atom. The van der Waals surface area contributed by atoms with Crippen molar-refractivity contribution in [3.05, 3.63) is 6.33 Å². The van der Waals surface area contributed by atoms with Crippen LogP contribution in [-0.2, 0) is 0 Å². The molecule has 5 nitrogen and oxygen atoms in total. The lowest BCUT2D eigenvalue weighted by Crippen LogP contribution is -2.30. The third kappa shape index (κ3) is 2.78. The second kappa shape index (κ2) is 6.08. The summed E-state index contributed by atoms with van der Waals surface area (Å²) in [5.74, 6) is 4.92. The van der Waals surface area contributed by atoms with Gasteiger partial charge in [-0.2, -0.15) is 0 Å². The highest BCUT2D eigenvalue weighted by molar-refractivity contribution is 5.63. The molecule has 0 aliphatic heterocycles. The van der Waals surface area contributed by atoms with Gasteiger partial charge < -0.3 is 15.4 Å². The van der Waals surface area contributed by atoms with E-state index >= 15 is 0 Å². The molecule has 4 unspecified atom stereocenters. The number of hydrogen-bond acceptors (Lipinski definition) is 5. The molecule has 2 bridgehead atoms. The lowest BCUT2D eigenvalue weighted by Gasteiger charge is -2.29. The van der Waals surface area contributed by atoms with Crippen LogP contribution < -0.4 is 15.4 Å². The first-order valence-electron chi connectivity index (χ1n) is 8.12. The van der Waals surface area contributed by atoms with Gasteiger partial charge >= 0.3 is 0 Å². The van der Waals surface area contributed by atoms with Gasteiger partial charge in [-0.3, -0.25) is 0 Å². The van der Waals surface area contributed by atoms with Crippen molar-refractivity contribution < 1.29 is 4.74 Å². The second-order valence-electron chi connectivity index (χ2n) is 6.41. The van der Waals surface area contributed by atoms with E-state index in [1.807, 2.05) is 6.92 Å². The van der Waals surface area contributed by atoms with Crippen LogP contribution in [0.15, 0.2) is 6.33 Å².